The lowest BCUT2D eigenvalue weighted by Crippen LogP contribution is -2.48. The Bertz CT molecular complexity index is 1340. The Labute approximate surface area is 216 Å². The zero-order valence-corrected chi connectivity index (χ0v) is 21.4. The second kappa shape index (κ2) is 10.8. The Morgan fingerprint density at radius 1 is 1.00 bits per heavy atom. The van der Waals surface area contributed by atoms with Crippen LogP contribution in [0.2, 0.25) is 0 Å². The van der Waals surface area contributed by atoms with Crippen molar-refractivity contribution in [2.45, 2.75) is 51.9 Å². The maximum absolute atomic E-state index is 13.4. The lowest BCUT2D eigenvalue weighted by Gasteiger charge is -2.36. The molecule has 0 aliphatic carbocycles. The first-order valence-corrected chi connectivity index (χ1v) is 13.0. The summed E-state index contributed by atoms with van der Waals surface area (Å²) >= 11 is 0. The van der Waals surface area contributed by atoms with E-state index in [-0.39, 0.29) is 24.3 Å². The zero-order chi connectivity index (χ0) is 25.9. The van der Waals surface area contributed by atoms with Crippen molar-refractivity contribution in [3.05, 3.63) is 70.3 Å². The molecular weight excluding hydrogens is 468 g/mol. The summed E-state index contributed by atoms with van der Waals surface area (Å²) in [7, 11) is 0. The van der Waals surface area contributed by atoms with Gasteiger partial charge in [0, 0.05) is 57.4 Å². The Morgan fingerprint density at radius 2 is 1.73 bits per heavy atom. The molecule has 2 fully saturated rings. The van der Waals surface area contributed by atoms with E-state index in [0.717, 1.165) is 38.3 Å². The van der Waals surface area contributed by atoms with Gasteiger partial charge in [-0.3, -0.25) is 34.1 Å². The molecule has 0 spiro atoms. The summed E-state index contributed by atoms with van der Waals surface area (Å²) in [4.78, 5) is 46.7. The van der Waals surface area contributed by atoms with Crippen LogP contribution in [0.1, 0.15) is 43.9 Å². The fraction of sp³-hybridized carbons (Fsp3) is 0.429. The molecule has 37 heavy (non-hydrogen) atoms. The smallest absolute Gasteiger partial charge is 0.264 e. The highest BCUT2D eigenvalue weighted by Gasteiger charge is 2.29. The molecule has 1 unspecified atom stereocenters. The number of piperazine rings is 1. The first kappa shape index (κ1) is 25.1. The quantitative estimate of drug-likeness (QED) is 0.479. The maximum atomic E-state index is 13.4. The summed E-state index contributed by atoms with van der Waals surface area (Å²) in [6.45, 7) is 10.4. The fourth-order valence-corrected chi connectivity index (χ4v) is 5.15. The number of benzene rings is 2. The van der Waals surface area contributed by atoms with Gasteiger partial charge >= 0.3 is 0 Å². The first-order chi connectivity index (χ1) is 17.9. The summed E-state index contributed by atoms with van der Waals surface area (Å²) in [5.41, 5.74) is 3.34. The highest BCUT2D eigenvalue weighted by atomic mass is 16.2. The van der Waals surface area contributed by atoms with Crippen LogP contribution in [0.5, 0.6) is 0 Å². The molecule has 1 aromatic heterocycles. The van der Waals surface area contributed by atoms with E-state index in [9.17, 15) is 14.4 Å². The Kier molecular flexibility index (Phi) is 7.34. The molecule has 3 heterocycles. The summed E-state index contributed by atoms with van der Waals surface area (Å²) in [6, 6.07) is 13.9. The molecule has 2 amide bonds. The number of rotatable bonds is 7. The molecule has 5 rings (SSSR count). The Balaban J connectivity index is 1.26. The van der Waals surface area contributed by atoms with Gasteiger partial charge in [0.05, 0.1) is 17.2 Å². The molecule has 0 bridgehead atoms. The summed E-state index contributed by atoms with van der Waals surface area (Å²) in [5, 5.41) is 6.14. The molecule has 0 radical (unpaired) electrons. The van der Waals surface area contributed by atoms with Crippen LogP contribution in [-0.2, 0) is 22.7 Å². The van der Waals surface area contributed by atoms with Gasteiger partial charge in [0.15, 0.2) is 0 Å². The van der Waals surface area contributed by atoms with Gasteiger partial charge in [0.1, 0.15) is 6.04 Å². The minimum atomic E-state index is -0.740. The number of nitrogens with zero attached hydrogens (tertiary/aromatic N) is 4. The number of aromatic nitrogens is 2. The molecule has 3 aromatic rings. The van der Waals surface area contributed by atoms with E-state index < -0.39 is 11.9 Å². The highest BCUT2D eigenvalue weighted by molar-refractivity contribution is 5.99. The number of nitrogens with one attached hydrogen (secondary N) is 2. The van der Waals surface area contributed by atoms with Crippen molar-refractivity contribution in [2.75, 3.05) is 31.5 Å². The second-order valence-electron chi connectivity index (χ2n) is 10.2. The third-order valence-electron chi connectivity index (χ3n) is 7.41. The van der Waals surface area contributed by atoms with Gasteiger partial charge < -0.3 is 5.32 Å². The monoisotopic (exact) mass is 502 g/mol. The van der Waals surface area contributed by atoms with Gasteiger partial charge in [-0.05, 0) is 43.5 Å². The van der Waals surface area contributed by atoms with Gasteiger partial charge in [-0.2, -0.15) is 0 Å². The largest absolute Gasteiger partial charge is 0.380 e. The number of amides is 2. The summed E-state index contributed by atoms with van der Waals surface area (Å²) in [5.74, 6) is -0.781. The van der Waals surface area contributed by atoms with Crippen molar-refractivity contribution < 1.29 is 9.59 Å². The van der Waals surface area contributed by atoms with Crippen LogP contribution in [0.4, 0.5) is 5.69 Å². The molecule has 9 heteroatoms. The topological polar surface area (TPSA) is 99.6 Å². The van der Waals surface area contributed by atoms with Crippen molar-refractivity contribution in [1.82, 2.24) is 24.7 Å². The van der Waals surface area contributed by atoms with Crippen LogP contribution in [0.15, 0.2) is 53.6 Å². The predicted molar refractivity (Wildman–Crippen MR) is 143 cm³/mol. The fourth-order valence-electron chi connectivity index (χ4n) is 5.15. The second-order valence-corrected chi connectivity index (χ2v) is 10.2. The number of hydrogen-bond acceptors (Lipinski definition) is 7. The lowest BCUT2D eigenvalue weighted by molar-refractivity contribution is -0.135. The van der Waals surface area contributed by atoms with Crippen molar-refractivity contribution >= 4 is 28.4 Å². The molecular formula is C28H34N6O3. The average Bonchev–Trinajstić information content (AvgIpc) is 2.89. The van der Waals surface area contributed by atoms with Crippen molar-refractivity contribution in [3.8, 4) is 0 Å². The average molecular weight is 503 g/mol. The predicted octanol–water partition coefficient (Wildman–Crippen LogP) is 2.51. The Morgan fingerprint density at radius 3 is 2.43 bits per heavy atom. The van der Waals surface area contributed by atoms with Crippen LogP contribution >= 0.6 is 0 Å². The van der Waals surface area contributed by atoms with E-state index in [1.807, 2.05) is 12.1 Å². The standard InChI is InChI=1S/C28H34N6O3/c1-19(2)33-14-12-32(13-15-33)17-21-8-6-20(7-9-21)16-29-22-4-3-5-23-26(22)28(37)34(18-30-23)24-10-11-25(35)31-27(24)36/h3-9,18-19,24,29H,10-17H2,1-2H3,(H,31,35,36). The SMILES string of the molecule is CC(C)N1CCN(Cc2ccc(CNc3cccc4ncn(C5CCC(=O)NC5=O)c(=O)c34)cc2)CC1. The molecule has 2 aliphatic rings. The third kappa shape index (κ3) is 5.57. The molecule has 194 valence electrons. The number of piperidine rings is 1. The van der Waals surface area contributed by atoms with Gasteiger partial charge in [-0.1, -0.05) is 30.3 Å². The van der Waals surface area contributed by atoms with Gasteiger partial charge in [-0.25, -0.2) is 4.98 Å². The number of anilines is 1. The molecule has 0 saturated carbocycles. The van der Waals surface area contributed by atoms with Gasteiger partial charge in [0.2, 0.25) is 11.8 Å². The van der Waals surface area contributed by atoms with E-state index in [1.54, 1.807) is 6.07 Å². The zero-order valence-electron chi connectivity index (χ0n) is 21.4. The van der Waals surface area contributed by atoms with E-state index in [4.69, 9.17) is 0 Å². The van der Waals surface area contributed by atoms with Crippen LogP contribution in [0.3, 0.4) is 0 Å². The molecule has 2 aromatic carbocycles. The molecule has 2 N–H and O–H groups in total. The normalized spacial score (nSPS) is 19.4. The molecule has 2 aliphatic heterocycles. The van der Waals surface area contributed by atoms with Crippen LogP contribution in [0.25, 0.3) is 10.9 Å². The Hall–Kier alpha value is -3.56. The number of imide groups is 1. The van der Waals surface area contributed by atoms with Crippen LogP contribution in [0, 0.1) is 0 Å². The number of carbonyl (C=O) groups excluding carboxylic acids is 2. The third-order valence-corrected chi connectivity index (χ3v) is 7.41. The van der Waals surface area contributed by atoms with Gasteiger partial charge in [0.25, 0.3) is 5.56 Å². The number of fused-ring (bicyclic) bond motifs is 1. The van der Waals surface area contributed by atoms with E-state index in [1.165, 1.54) is 16.5 Å². The number of carbonyl (C=O) groups is 2. The minimum absolute atomic E-state index is 0.199. The van der Waals surface area contributed by atoms with Crippen molar-refractivity contribution in [3.63, 3.8) is 0 Å². The maximum Gasteiger partial charge on any atom is 0.264 e. The minimum Gasteiger partial charge on any atom is -0.380 e. The lowest BCUT2D eigenvalue weighted by atomic mass is 10.1. The van der Waals surface area contributed by atoms with Gasteiger partial charge in [-0.15, -0.1) is 0 Å². The van der Waals surface area contributed by atoms with Crippen LogP contribution in [-0.4, -0.2) is 63.4 Å². The van der Waals surface area contributed by atoms with Crippen molar-refractivity contribution in [1.29, 1.82) is 0 Å². The highest BCUT2D eigenvalue weighted by Crippen LogP contribution is 2.22. The molecule has 1 atom stereocenters. The van der Waals surface area contributed by atoms with E-state index in [2.05, 4.69) is 63.5 Å². The molecule has 2 saturated heterocycles. The first-order valence-electron chi connectivity index (χ1n) is 13.0. The van der Waals surface area contributed by atoms with Crippen molar-refractivity contribution in [2.24, 2.45) is 0 Å². The van der Waals surface area contributed by atoms with E-state index in [0.29, 0.717) is 29.2 Å². The molecule has 9 nitrogen and oxygen atoms in total. The van der Waals surface area contributed by atoms with E-state index >= 15 is 0 Å². The summed E-state index contributed by atoms with van der Waals surface area (Å²) < 4.78 is 1.34. The van der Waals surface area contributed by atoms with Crippen LogP contribution < -0.4 is 16.2 Å². The number of hydrogen-bond donors (Lipinski definition) is 2. The summed E-state index contributed by atoms with van der Waals surface area (Å²) in [6.07, 6.45) is 1.88.